The van der Waals surface area contributed by atoms with Crippen LogP contribution in [0.25, 0.3) is 11.0 Å². The molecular formula is C17H14N2O3. The Balaban J connectivity index is 1.82. The van der Waals surface area contributed by atoms with Crippen molar-refractivity contribution in [1.29, 1.82) is 0 Å². The number of fused-ring (bicyclic) bond motifs is 1. The maximum atomic E-state index is 10.9. The van der Waals surface area contributed by atoms with Crippen LogP contribution in [0.4, 0.5) is 5.69 Å². The maximum absolute atomic E-state index is 10.9. The van der Waals surface area contributed by atoms with Gasteiger partial charge in [0.15, 0.2) is 5.76 Å². The Kier molecular flexibility index (Phi) is 3.62. The Morgan fingerprint density at radius 3 is 2.73 bits per heavy atom. The van der Waals surface area contributed by atoms with E-state index in [1.165, 1.54) is 12.1 Å². The topological polar surface area (TPSA) is 74.8 Å². The molecule has 0 amide bonds. The molecule has 0 saturated heterocycles. The quantitative estimate of drug-likeness (QED) is 0.564. The fourth-order valence-corrected chi connectivity index (χ4v) is 2.09. The molecule has 3 aromatic rings. The van der Waals surface area contributed by atoms with Gasteiger partial charge in [0.05, 0.1) is 11.3 Å². The molecule has 0 atom stereocenters. The number of benzene rings is 2. The summed E-state index contributed by atoms with van der Waals surface area (Å²) in [6, 6.07) is 16.1. The third-order valence-corrected chi connectivity index (χ3v) is 3.24. The van der Waals surface area contributed by atoms with E-state index >= 15 is 0 Å². The summed E-state index contributed by atoms with van der Waals surface area (Å²) in [5, 5.41) is 14.2. The van der Waals surface area contributed by atoms with Crippen LogP contribution in [0.3, 0.4) is 0 Å². The summed E-state index contributed by atoms with van der Waals surface area (Å²) in [5.41, 5.74) is 5.15. The van der Waals surface area contributed by atoms with Crippen molar-refractivity contribution in [1.82, 2.24) is 0 Å². The first kappa shape index (κ1) is 13.9. The van der Waals surface area contributed by atoms with E-state index in [2.05, 4.69) is 10.5 Å². The van der Waals surface area contributed by atoms with E-state index in [-0.39, 0.29) is 5.56 Å². The fraction of sp³-hybridized carbons (Fsp3) is 0.0588. The molecule has 0 bridgehead atoms. The van der Waals surface area contributed by atoms with E-state index < -0.39 is 5.97 Å². The zero-order valence-corrected chi connectivity index (χ0v) is 11.9. The van der Waals surface area contributed by atoms with Crippen molar-refractivity contribution in [3.05, 3.63) is 65.9 Å². The second-order valence-electron chi connectivity index (χ2n) is 4.84. The molecule has 0 aliphatic carbocycles. The molecular weight excluding hydrogens is 280 g/mol. The summed E-state index contributed by atoms with van der Waals surface area (Å²) in [4.78, 5) is 10.9. The number of carbonyl (C=O) groups is 1. The predicted molar refractivity (Wildman–Crippen MR) is 85.4 cm³/mol. The van der Waals surface area contributed by atoms with E-state index in [1.54, 1.807) is 12.1 Å². The molecule has 0 saturated carbocycles. The van der Waals surface area contributed by atoms with Crippen molar-refractivity contribution in [2.24, 2.45) is 5.10 Å². The van der Waals surface area contributed by atoms with Gasteiger partial charge >= 0.3 is 5.97 Å². The molecule has 1 heterocycles. The van der Waals surface area contributed by atoms with E-state index in [0.717, 1.165) is 11.0 Å². The van der Waals surface area contributed by atoms with Crippen LogP contribution >= 0.6 is 0 Å². The van der Waals surface area contributed by atoms with Crippen LogP contribution in [0.2, 0.25) is 0 Å². The molecule has 110 valence electrons. The van der Waals surface area contributed by atoms with Crippen LogP contribution in [0.1, 0.15) is 23.0 Å². The van der Waals surface area contributed by atoms with Gasteiger partial charge in [0.25, 0.3) is 0 Å². The van der Waals surface area contributed by atoms with E-state index in [1.807, 2.05) is 37.3 Å². The Labute approximate surface area is 126 Å². The van der Waals surface area contributed by atoms with Crippen molar-refractivity contribution in [3.8, 4) is 0 Å². The average Bonchev–Trinajstić information content (AvgIpc) is 2.97. The Morgan fingerprint density at radius 1 is 1.14 bits per heavy atom. The Bertz CT molecular complexity index is 832. The van der Waals surface area contributed by atoms with Crippen molar-refractivity contribution >= 4 is 28.3 Å². The summed E-state index contributed by atoms with van der Waals surface area (Å²) in [5.74, 6) is -0.301. The first-order valence-electron chi connectivity index (χ1n) is 6.76. The Hall–Kier alpha value is -3.08. The highest BCUT2D eigenvalue weighted by molar-refractivity contribution is 6.00. The number of para-hydroxylation sites is 1. The second kappa shape index (κ2) is 5.73. The number of anilines is 1. The number of aromatic carboxylic acids is 1. The standard InChI is InChI=1S/C17H14N2O3/c1-11(16-10-12-5-2-3-8-15(12)22-16)18-19-14-7-4-6-13(9-14)17(20)21/h2-10,19H,1H3,(H,20,21)/b18-11+. The molecule has 2 N–H and O–H groups in total. The highest BCUT2D eigenvalue weighted by Gasteiger charge is 2.06. The van der Waals surface area contributed by atoms with Gasteiger partial charge in [0, 0.05) is 5.39 Å². The number of hydrogen-bond donors (Lipinski definition) is 2. The summed E-state index contributed by atoms with van der Waals surface area (Å²) < 4.78 is 5.72. The highest BCUT2D eigenvalue weighted by atomic mass is 16.4. The van der Waals surface area contributed by atoms with Crippen molar-refractivity contribution < 1.29 is 14.3 Å². The zero-order chi connectivity index (χ0) is 15.5. The normalized spacial score (nSPS) is 11.6. The van der Waals surface area contributed by atoms with Crippen molar-refractivity contribution in [2.75, 3.05) is 5.43 Å². The third kappa shape index (κ3) is 2.83. The first-order chi connectivity index (χ1) is 10.6. The number of nitrogens with zero attached hydrogens (tertiary/aromatic N) is 1. The van der Waals surface area contributed by atoms with Crippen molar-refractivity contribution in [3.63, 3.8) is 0 Å². The monoisotopic (exact) mass is 294 g/mol. The van der Waals surface area contributed by atoms with Gasteiger partial charge in [-0.05, 0) is 37.3 Å². The lowest BCUT2D eigenvalue weighted by Gasteiger charge is -2.02. The molecule has 0 fully saturated rings. The zero-order valence-electron chi connectivity index (χ0n) is 11.9. The first-order valence-corrected chi connectivity index (χ1v) is 6.76. The van der Waals surface area contributed by atoms with Crippen LogP contribution in [0, 0.1) is 0 Å². The van der Waals surface area contributed by atoms with Crippen LogP contribution < -0.4 is 5.43 Å². The number of carboxylic acid groups (broad SMARTS) is 1. The van der Waals surface area contributed by atoms with E-state index in [0.29, 0.717) is 17.2 Å². The van der Waals surface area contributed by atoms with Crippen LogP contribution in [0.5, 0.6) is 0 Å². The van der Waals surface area contributed by atoms with Crippen LogP contribution in [0.15, 0.2) is 64.1 Å². The number of carboxylic acids is 1. The van der Waals surface area contributed by atoms with E-state index in [4.69, 9.17) is 9.52 Å². The van der Waals surface area contributed by atoms with E-state index in [9.17, 15) is 4.79 Å². The number of furan rings is 1. The lowest BCUT2D eigenvalue weighted by molar-refractivity contribution is 0.0697. The summed E-state index contributed by atoms with van der Waals surface area (Å²) in [6.07, 6.45) is 0. The maximum Gasteiger partial charge on any atom is 0.335 e. The number of hydrazone groups is 1. The molecule has 3 rings (SSSR count). The lowest BCUT2D eigenvalue weighted by Crippen LogP contribution is -2.00. The largest absolute Gasteiger partial charge is 0.478 e. The van der Waals surface area contributed by atoms with Crippen LogP contribution in [-0.2, 0) is 0 Å². The molecule has 22 heavy (non-hydrogen) atoms. The number of rotatable bonds is 4. The second-order valence-corrected chi connectivity index (χ2v) is 4.84. The smallest absolute Gasteiger partial charge is 0.335 e. The minimum atomic E-state index is -0.971. The van der Waals surface area contributed by atoms with Gasteiger partial charge in [-0.2, -0.15) is 5.10 Å². The SMILES string of the molecule is C/C(=N\Nc1cccc(C(=O)O)c1)c1cc2ccccc2o1. The van der Waals surface area contributed by atoms with Gasteiger partial charge in [-0.25, -0.2) is 4.79 Å². The summed E-state index contributed by atoms with van der Waals surface area (Å²) >= 11 is 0. The molecule has 2 aromatic carbocycles. The number of hydrogen-bond acceptors (Lipinski definition) is 4. The van der Waals surface area contributed by atoms with Gasteiger partial charge in [-0.15, -0.1) is 0 Å². The highest BCUT2D eigenvalue weighted by Crippen LogP contribution is 2.19. The molecule has 0 spiro atoms. The van der Waals surface area contributed by atoms with Gasteiger partial charge in [0.2, 0.25) is 0 Å². The summed E-state index contributed by atoms with van der Waals surface area (Å²) in [7, 11) is 0. The Morgan fingerprint density at radius 2 is 1.95 bits per heavy atom. The minimum absolute atomic E-state index is 0.210. The third-order valence-electron chi connectivity index (χ3n) is 3.24. The van der Waals surface area contributed by atoms with Gasteiger partial charge in [-0.1, -0.05) is 24.3 Å². The predicted octanol–water partition coefficient (Wildman–Crippen LogP) is 3.97. The van der Waals surface area contributed by atoms with Crippen LogP contribution in [-0.4, -0.2) is 16.8 Å². The molecule has 0 unspecified atom stereocenters. The molecule has 0 radical (unpaired) electrons. The molecule has 1 aromatic heterocycles. The molecule has 5 heteroatoms. The van der Waals surface area contributed by atoms with Crippen molar-refractivity contribution in [2.45, 2.75) is 6.92 Å². The fourth-order valence-electron chi connectivity index (χ4n) is 2.09. The molecule has 5 nitrogen and oxygen atoms in total. The molecule has 0 aliphatic heterocycles. The number of nitrogens with one attached hydrogen (secondary N) is 1. The van der Waals surface area contributed by atoms with Gasteiger partial charge < -0.3 is 9.52 Å². The molecule has 0 aliphatic rings. The minimum Gasteiger partial charge on any atom is -0.478 e. The summed E-state index contributed by atoms with van der Waals surface area (Å²) in [6.45, 7) is 1.83. The lowest BCUT2D eigenvalue weighted by atomic mass is 10.2. The van der Waals surface area contributed by atoms with Gasteiger partial charge in [-0.3, -0.25) is 5.43 Å². The van der Waals surface area contributed by atoms with Gasteiger partial charge in [0.1, 0.15) is 11.3 Å². The average molecular weight is 294 g/mol.